The molecule has 3 rings (SSSR count). The van der Waals surface area contributed by atoms with Gasteiger partial charge in [-0.05, 0) is 68.7 Å². The number of carbonyl (C=O) groups is 1. The van der Waals surface area contributed by atoms with Crippen LogP contribution in [-0.4, -0.2) is 22.3 Å². The predicted molar refractivity (Wildman–Crippen MR) is 117 cm³/mol. The third-order valence-electron chi connectivity index (χ3n) is 5.06. The van der Waals surface area contributed by atoms with Gasteiger partial charge in [0.2, 0.25) is 0 Å². The van der Waals surface area contributed by atoms with Crippen molar-refractivity contribution in [2.75, 3.05) is 11.9 Å². The van der Waals surface area contributed by atoms with E-state index in [-0.39, 0.29) is 12.5 Å². The van der Waals surface area contributed by atoms with Gasteiger partial charge in [-0.1, -0.05) is 23.7 Å². The number of aryl methyl sites for hydroxylation is 4. The molecule has 1 aromatic heterocycles. The second-order valence-electron chi connectivity index (χ2n) is 7.35. The Morgan fingerprint density at radius 3 is 2.28 bits per heavy atom. The van der Waals surface area contributed by atoms with Crippen LogP contribution in [0.25, 0.3) is 0 Å². The smallest absolute Gasteiger partial charge is 0.262 e. The van der Waals surface area contributed by atoms with Crippen molar-refractivity contribution >= 4 is 23.2 Å². The van der Waals surface area contributed by atoms with Crippen LogP contribution in [0, 0.1) is 27.7 Å². The summed E-state index contributed by atoms with van der Waals surface area (Å²) in [5.41, 5.74) is 7.23. The summed E-state index contributed by atoms with van der Waals surface area (Å²) >= 11 is 6.16. The molecule has 6 heteroatoms. The summed E-state index contributed by atoms with van der Waals surface area (Å²) < 4.78 is 7.51. The van der Waals surface area contributed by atoms with Crippen LogP contribution in [-0.2, 0) is 18.3 Å². The lowest BCUT2D eigenvalue weighted by atomic mass is 10.0. The molecule has 0 spiro atoms. The van der Waals surface area contributed by atoms with Crippen LogP contribution >= 0.6 is 11.6 Å². The Kier molecular flexibility index (Phi) is 6.28. The molecule has 0 radical (unpaired) electrons. The number of anilines is 1. The molecule has 0 saturated carbocycles. The van der Waals surface area contributed by atoms with Crippen LogP contribution in [0.2, 0.25) is 5.02 Å². The lowest BCUT2D eigenvalue weighted by Crippen LogP contribution is -2.20. The first-order valence-electron chi connectivity index (χ1n) is 9.52. The van der Waals surface area contributed by atoms with Crippen molar-refractivity contribution in [2.24, 2.45) is 7.05 Å². The van der Waals surface area contributed by atoms with Crippen molar-refractivity contribution in [3.63, 3.8) is 0 Å². The Morgan fingerprint density at radius 1 is 1.10 bits per heavy atom. The zero-order chi connectivity index (χ0) is 21.1. The number of ether oxygens (including phenoxy) is 1. The zero-order valence-electron chi connectivity index (χ0n) is 17.5. The summed E-state index contributed by atoms with van der Waals surface area (Å²) in [6, 6.07) is 11.5. The van der Waals surface area contributed by atoms with Gasteiger partial charge in [0, 0.05) is 35.4 Å². The van der Waals surface area contributed by atoms with E-state index in [2.05, 4.69) is 17.3 Å². The molecule has 5 nitrogen and oxygen atoms in total. The van der Waals surface area contributed by atoms with E-state index in [1.807, 2.05) is 68.9 Å². The molecule has 1 N–H and O–H groups in total. The topological polar surface area (TPSA) is 56.1 Å². The fourth-order valence-electron chi connectivity index (χ4n) is 3.32. The molecule has 29 heavy (non-hydrogen) atoms. The normalized spacial score (nSPS) is 10.8. The molecular weight excluding hydrogens is 386 g/mol. The third kappa shape index (κ3) is 4.98. The van der Waals surface area contributed by atoms with Crippen LogP contribution in [0.15, 0.2) is 36.4 Å². The third-order valence-corrected chi connectivity index (χ3v) is 5.65. The number of nitrogens with zero attached hydrogens (tertiary/aromatic N) is 2. The number of aromatic nitrogens is 2. The summed E-state index contributed by atoms with van der Waals surface area (Å²) in [6.45, 7) is 7.88. The van der Waals surface area contributed by atoms with E-state index in [1.165, 1.54) is 16.8 Å². The van der Waals surface area contributed by atoms with Gasteiger partial charge in [-0.15, -0.1) is 0 Å². The molecular formula is C23H26ClN3O2. The number of hydrogen-bond donors (Lipinski definition) is 1. The molecule has 152 valence electrons. The number of hydrogen-bond acceptors (Lipinski definition) is 3. The van der Waals surface area contributed by atoms with Crippen LogP contribution in [0.4, 0.5) is 5.69 Å². The molecule has 0 aliphatic rings. The van der Waals surface area contributed by atoms with E-state index in [0.717, 1.165) is 34.0 Å². The molecule has 2 aromatic carbocycles. The SMILES string of the molecule is Cc1cc(OCC(=O)Nc2ccc(Cc3c(C)nn(C)c3C)cc2)cc(C)c1Cl. The second kappa shape index (κ2) is 8.70. The van der Waals surface area contributed by atoms with E-state index >= 15 is 0 Å². The molecule has 0 atom stereocenters. The average Bonchev–Trinajstić information content (AvgIpc) is 2.92. The number of benzene rings is 2. The monoisotopic (exact) mass is 411 g/mol. The van der Waals surface area contributed by atoms with Gasteiger partial charge in [-0.2, -0.15) is 5.10 Å². The van der Waals surface area contributed by atoms with Crippen molar-refractivity contribution in [2.45, 2.75) is 34.1 Å². The highest BCUT2D eigenvalue weighted by molar-refractivity contribution is 6.32. The van der Waals surface area contributed by atoms with Gasteiger partial charge in [0.15, 0.2) is 6.61 Å². The lowest BCUT2D eigenvalue weighted by Gasteiger charge is -2.11. The highest BCUT2D eigenvalue weighted by Crippen LogP contribution is 2.26. The lowest BCUT2D eigenvalue weighted by molar-refractivity contribution is -0.118. The van der Waals surface area contributed by atoms with E-state index in [0.29, 0.717) is 5.75 Å². The maximum absolute atomic E-state index is 12.2. The van der Waals surface area contributed by atoms with E-state index < -0.39 is 0 Å². The highest BCUT2D eigenvalue weighted by Gasteiger charge is 2.11. The quantitative estimate of drug-likeness (QED) is 0.626. The fraction of sp³-hybridized carbons (Fsp3) is 0.304. The predicted octanol–water partition coefficient (Wildman–Crippen LogP) is 4.92. The minimum atomic E-state index is -0.207. The Hall–Kier alpha value is -2.79. The first-order chi connectivity index (χ1) is 13.7. The van der Waals surface area contributed by atoms with Crippen molar-refractivity contribution in [3.8, 4) is 5.75 Å². The maximum Gasteiger partial charge on any atom is 0.262 e. The summed E-state index contributed by atoms with van der Waals surface area (Å²) in [7, 11) is 1.96. The summed E-state index contributed by atoms with van der Waals surface area (Å²) in [5.74, 6) is 0.430. The van der Waals surface area contributed by atoms with Gasteiger partial charge < -0.3 is 10.1 Å². The summed E-state index contributed by atoms with van der Waals surface area (Å²) in [4.78, 5) is 12.2. The molecule has 1 amide bonds. The maximum atomic E-state index is 12.2. The largest absolute Gasteiger partial charge is 0.484 e. The number of halogens is 1. The van der Waals surface area contributed by atoms with Gasteiger partial charge in [-0.25, -0.2) is 0 Å². The number of amides is 1. The van der Waals surface area contributed by atoms with Crippen molar-refractivity contribution in [1.29, 1.82) is 0 Å². The molecule has 0 fully saturated rings. The first kappa shape index (κ1) is 20.9. The van der Waals surface area contributed by atoms with Gasteiger partial charge in [0.25, 0.3) is 5.91 Å². The second-order valence-corrected chi connectivity index (χ2v) is 7.73. The van der Waals surface area contributed by atoms with Crippen molar-refractivity contribution < 1.29 is 9.53 Å². The molecule has 0 bridgehead atoms. The standard InChI is InChI=1S/C23H26ClN3O2/c1-14-10-20(11-15(2)23(14)24)29-13-22(28)25-19-8-6-18(7-9-19)12-21-16(3)26-27(5)17(21)4/h6-11H,12-13H2,1-5H3,(H,25,28). The minimum absolute atomic E-state index is 0.0592. The molecule has 1 heterocycles. The Balaban J connectivity index is 1.57. The highest BCUT2D eigenvalue weighted by atomic mass is 35.5. The van der Waals surface area contributed by atoms with E-state index in [4.69, 9.17) is 16.3 Å². The fourth-order valence-corrected chi connectivity index (χ4v) is 3.43. The number of nitrogens with one attached hydrogen (secondary N) is 1. The van der Waals surface area contributed by atoms with Crippen LogP contribution in [0.1, 0.15) is 33.6 Å². The van der Waals surface area contributed by atoms with Gasteiger partial charge >= 0.3 is 0 Å². The van der Waals surface area contributed by atoms with Crippen LogP contribution < -0.4 is 10.1 Å². The van der Waals surface area contributed by atoms with Crippen molar-refractivity contribution in [3.05, 3.63) is 75.1 Å². The Bertz CT molecular complexity index is 1020. The molecule has 0 aliphatic heterocycles. The first-order valence-corrected chi connectivity index (χ1v) is 9.90. The van der Waals surface area contributed by atoms with E-state index in [1.54, 1.807) is 0 Å². The van der Waals surface area contributed by atoms with E-state index in [9.17, 15) is 4.79 Å². The van der Waals surface area contributed by atoms with Gasteiger partial charge in [-0.3, -0.25) is 9.48 Å². The Labute approximate surface area is 176 Å². The molecule has 0 unspecified atom stereocenters. The van der Waals surface area contributed by atoms with Crippen LogP contribution in [0.5, 0.6) is 5.75 Å². The number of carbonyl (C=O) groups excluding carboxylic acids is 1. The van der Waals surface area contributed by atoms with Crippen LogP contribution in [0.3, 0.4) is 0 Å². The zero-order valence-corrected chi connectivity index (χ0v) is 18.2. The number of rotatable bonds is 6. The van der Waals surface area contributed by atoms with Gasteiger partial charge in [0.1, 0.15) is 5.75 Å². The molecule has 0 aliphatic carbocycles. The molecule has 0 saturated heterocycles. The minimum Gasteiger partial charge on any atom is -0.484 e. The van der Waals surface area contributed by atoms with Crippen molar-refractivity contribution in [1.82, 2.24) is 9.78 Å². The molecule has 3 aromatic rings. The summed E-state index contributed by atoms with van der Waals surface area (Å²) in [5, 5.41) is 8.05. The summed E-state index contributed by atoms with van der Waals surface area (Å²) in [6.07, 6.45) is 0.818. The average molecular weight is 412 g/mol. The van der Waals surface area contributed by atoms with Gasteiger partial charge in [0.05, 0.1) is 5.69 Å². The Morgan fingerprint density at radius 2 is 1.72 bits per heavy atom.